The molecule has 0 bridgehead atoms. The maximum atomic E-state index is 13.2. The summed E-state index contributed by atoms with van der Waals surface area (Å²) in [6.45, 7) is 1.31. The van der Waals surface area contributed by atoms with Crippen molar-refractivity contribution in [2.24, 2.45) is 0 Å². The minimum Gasteiger partial charge on any atom is -0.496 e. The van der Waals surface area contributed by atoms with E-state index in [-0.39, 0.29) is 15.6 Å². The lowest BCUT2D eigenvalue weighted by Crippen LogP contribution is -2.32. The molecule has 0 saturated carbocycles. The predicted molar refractivity (Wildman–Crippen MR) is 113 cm³/mol. The van der Waals surface area contributed by atoms with Crippen LogP contribution < -0.4 is 9.46 Å². The van der Waals surface area contributed by atoms with E-state index >= 15 is 0 Å². The van der Waals surface area contributed by atoms with Crippen molar-refractivity contribution >= 4 is 31.5 Å². The van der Waals surface area contributed by atoms with Crippen LogP contribution in [0.5, 0.6) is 5.75 Å². The maximum absolute atomic E-state index is 13.2. The van der Waals surface area contributed by atoms with E-state index in [9.17, 15) is 16.8 Å². The standard InChI is InChI=1S/C20H20ClNO6S2/c1-14-12-17(9-10-18(14)27-2)30(25,26)22-13-20(19-4-3-11-28-19)29(23,24)16-7-5-15(21)6-8-16/h3-12,20,22H,13H2,1-2H3/t20-/m1/s1. The molecule has 160 valence electrons. The molecule has 0 fully saturated rings. The molecule has 2 aromatic carbocycles. The van der Waals surface area contributed by atoms with Gasteiger partial charge in [-0.15, -0.1) is 0 Å². The summed E-state index contributed by atoms with van der Waals surface area (Å²) in [6.07, 6.45) is 1.33. The second-order valence-electron chi connectivity index (χ2n) is 6.49. The molecular formula is C20H20ClNO6S2. The molecule has 1 heterocycles. The largest absolute Gasteiger partial charge is 0.496 e. The molecule has 1 N–H and O–H groups in total. The molecule has 0 unspecified atom stereocenters. The van der Waals surface area contributed by atoms with Crippen LogP contribution >= 0.6 is 11.6 Å². The van der Waals surface area contributed by atoms with Gasteiger partial charge in [-0.1, -0.05) is 11.6 Å². The van der Waals surface area contributed by atoms with Gasteiger partial charge in [-0.2, -0.15) is 0 Å². The molecule has 30 heavy (non-hydrogen) atoms. The first-order valence-corrected chi connectivity index (χ1v) is 12.2. The molecule has 1 aromatic heterocycles. The molecule has 3 rings (SSSR count). The van der Waals surface area contributed by atoms with Crippen molar-refractivity contribution < 1.29 is 26.0 Å². The van der Waals surface area contributed by atoms with E-state index in [1.54, 1.807) is 19.1 Å². The molecule has 1 atom stereocenters. The summed E-state index contributed by atoms with van der Waals surface area (Å²) in [6, 6.07) is 13.1. The van der Waals surface area contributed by atoms with Crippen molar-refractivity contribution in [2.45, 2.75) is 22.0 Å². The van der Waals surface area contributed by atoms with Crippen LogP contribution in [0, 0.1) is 6.92 Å². The van der Waals surface area contributed by atoms with Gasteiger partial charge in [0.15, 0.2) is 9.84 Å². The number of aryl methyl sites for hydroxylation is 1. The van der Waals surface area contributed by atoms with Crippen LogP contribution in [-0.4, -0.2) is 30.5 Å². The number of hydrogen-bond acceptors (Lipinski definition) is 6. The zero-order chi connectivity index (χ0) is 21.9. The summed E-state index contributed by atoms with van der Waals surface area (Å²) in [4.78, 5) is 0.00988. The number of benzene rings is 2. The number of sulfone groups is 1. The van der Waals surface area contributed by atoms with Gasteiger partial charge in [-0.05, 0) is 67.1 Å². The second kappa shape index (κ2) is 8.81. The Kier molecular flexibility index (Phi) is 6.56. The fourth-order valence-corrected chi connectivity index (χ4v) is 5.86. The lowest BCUT2D eigenvalue weighted by Gasteiger charge is -2.17. The summed E-state index contributed by atoms with van der Waals surface area (Å²) in [5.74, 6) is 0.672. The van der Waals surface area contributed by atoms with Gasteiger partial charge in [0.2, 0.25) is 10.0 Å². The summed E-state index contributed by atoms with van der Waals surface area (Å²) in [5, 5.41) is -0.873. The lowest BCUT2D eigenvalue weighted by atomic mass is 10.2. The number of ether oxygens (including phenoxy) is 1. The summed E-state index contributed by atoms with van der Waals surface area (Å²) >= 11 is 5.85. The highest BCUT2D eigenvalue weighted by atomic mass is 35.5. The average molecular weight is 470 g/mol. The Morgan fingerprint density at radius 3 is 2.27 bits per heavy atom. The van der Waals surface area contributed by atoms with Gasteiger partial charge in [-0.25, -0.2) is 21.6 Å². The van der Waals surface area contributed by atoms with E-state index in [0.29, 0.717) is 16.3 Å². The number of furan rings is 1. The van der Waals surface area contributed by atoms with Gasteiger partial charge in [0.1, 0.15) is 16.8 Å². The van der Waals surface area contributed by atoms with Gasteiger partial charge >= 0.3 is 0 Å². The highest BCUT2D eigenvalue weighted by Crippen LogP contribution is 2.30. The number of methoxy groups -OCH3 is 1. The molecule has 0 radical (unpaired) electrons. The Hall–Kier alpha value is -2.33. The molecule has 0 aliphatic heterocycles. The third kappa shape index (κ3) is 4.70. The Balaban J connectivity index is 1.91. The predicted octanol–water partition coefficient (Wildman–Crippen LogP) is 3.74. The molecule has 7 nitrogen and oxygen atoms in total. The lowest BCUT2D eigenvalue weighted by molar-refractivity contribution is 0.411. The van der Waals surface area contributed by atoms with E-state index in [1.807, 2.05) is 0 Å². The Bertz CT molecular complexity index is 1220. The average Bonchev–Trinajstić information content (AvgIpc) is 3.22. The smallest absolute Gasteiger partial charge is 0.240 e. The van der Waals surface area contributed by atoms with Crippen molar-refractivity contribution in [3.05, 3.63) is 77.2 Å². The highest BCUT2D eigenvalue weighted by Gasteiger charge is 2.33. The van der Waals surface area contributed by atoms with Crippen LogP contribution in [-0.2, 0) is 19.9 Å². The van der Waals surface area contributed by atoms with Gasteiger partial charge < -0.3 is 9.15 Å². The first-order chi connectivity index (χ1) is 14.1. The summed E-state index contributed by atoms with van der Waals surface area (Å²) in [5.41, 5.74) is 0.636. The second-order valence-corrected chi connectivity index (χ2v) is 10.8. The van der Waals surface area contributed by atoms with Crippen LogP contribution in [0.4, 0.5) is 0 Å². The summed E-state index contributed by atoms with van der Waals surface area (Å²) in [7, 11) is -6.45. The molecule has 0 aliphatic rings. The van der Waals surface area contributed by atoms with Crippen molar-refractivity contribution in [1.82, 2.24) is 4.72 Å². The minimum absolute atomic E-state index is 0.00267. The van der Waals surface area contributed by atoms with Crippen molar-refractivity contribution in [1.29, 1.82) is 0 Å². The van der Waals surface area contributed by atoms with Gasteiger partial charge in [-0.3, -0.25) is 0 Å². The molecule has 0 saturated heterocycles. The number of sulfonamides is 1. The minimum atomic E-state index is -3.98. The number of rotatable bonds is 8. The first-order valence-electron chi connectivity index (χ1n) is 8.82. The van der Waals surface area contributed by atoms with E-state index in [0.717, 1.165) is 0 Å². The van der Waals surface area contributed by atoms with E-state index in [2.05, 4.69) is 4.72 Å². The van der Waals surface area contributed by atoms with E-state index in [1.165, 1.54) is 55.8 Å². The Labute approximate surface area is 180 Å². The number of hydrogen-bond donors (Lipinski definition) is 1. The van der Waals surface area contributed by atoms with Crippen molar-refractivity contribution in [2.75, 3.05) is 13.7 Å². The quantitative estimate of drug-likeness (QED) is 0.539. The zero-order valence-corrected chi connectivity index (χ0v) is 18.6. The van der Waals surface area contributed by atoms with Crippen LogP contribution in [0.3, 0.4) is 0 Å². The van der Waals surface area contributed by atoms with Gasteiger partial charge in [0.05, 0.1) is 23.2 Å². The third-order valence-corrected chi connectivity index (χ3v) is 8.26. The molecule has 0 aliphatic carbocycles. The van der Waals surface area contributed by atoms with Gasteiger partial charge in [0.25, 0.3) is 0 Å². The van der Waals surface area contributed by atoms with Crippen molar-refractivity contribution in [3.63, 3.8) is 0 Å². The molecule has 3 aromatic rings. The van der Waals surface area contributed by atoms with Gasteiger partial charge in [0, 0.05) is 11.6 Å². The molecule has 0 amide bonds. The number of halogens is 1. The van der Waals surface area contributed by atoms with E-state index < -0.39 is 31.7 Å². The fourth-order valence-electron chi connectivity index (χ4n) is 2.91. The topological polar surface area (TPSA) is 103 Å². The van der Waals surface area contributed by atoms with Crippen LogP contribution in [0.25, 0.3) is 0 Å². The highest BCUT2D eigenvalue weighted by molar-refractivity contribution is 7.92. The van der Waals surface area contributed by atoms with Crippen LogP contribution in [0.15, 0.2) is 75.1 Å². The van der Waals surface area contributed by atoms with Crippen molar-refractivity contribution in [3.8, 4) is 5.75 Å². The monoisotopic (exact) mass is 469 g/mol. The van der Waals surface area contributed by atoms with E-state index in [4.69, 9.17) is 20.8 Å². The number of nitrogens with one attached hydrogen (secondary N) is 1. The third-order valence-electron chi connectivity index (χ3n) is 4.51. The first kappa shape index (κ1) is 22.4. The normalized spacial score (nSPS) is 13.2. The Morgan fingerprint density at radius 1 is 1.03 bits per heavy atom. The fraction of sp³-hybridized carbons (Fsp3) is 0.200. The molecule has 10 heteroatoms. The summed E-state index contributed by atoms with van der Waals surface area (Å²) < 4.78 is 64.7. The SMILES string of the molecule is COc1ccc(S(=O)(=O)NC[C@H](c2ccco2)S(=O)(=O)c2ccc(Cl)cc2)cc1C. The van der Waals surface area contributed by atoms with Crippen LogP contribution in [0.1, 0.15) is 16.6 Å². The molecule has 0 spiro atoms. The maximum Gasteiger partial charge on any atom is 0.240 e. The van der Waals surface area contributed by atoms with Crippen LogP contribution in [0.2, 0.25) is 5.02 Å². The molecular weight excluding hydrogens is 450 g/mol. The Morgan fingerprint density at radius 2 is 1.70 bits per heavy atom. The zero-order valence-electron chi connectivity index (χ0n) is 16.2.